The molecule has 0 bridgehead atoms. The summed E-state index contributed by atoms with van der Waals surface area (Å²) in [7, 11) is 0. The third-order valence-electron chi connectivity index (χ3n) is 3.53. The first-order valence-corrected chi connectivity index (χ1v) is 6.78. The summed E-state index contributed by atoms with van der Waals surface area (Å²) >= 11 is 6.33. The van der Waals surface area contributed by atoms with Crippen LogP contribution in [0.2, 0.25) is 5.02 Å². The summed E-state index contributed by atoms with van der Waals surface area (Å²) in [4.78, 5) is 6.65. The second-order valence-corrected chi connectivity index (χ2v) is 5.04. The number of anilines is 1. The number of piperidine rings is 1. The maximum atomic E-state index is 7.53. The summed E-state index contributed by atoms with van der Waals surface area (Å²) in [6.45, 7) is 3.16. The average molecular weight is 267 g/mol. The van der Waals surface area contributed by atoms with Gasteiger partial charge < -0.3 is 10.6 Å². The van der Waals surface area contributed by atoms with Crippen LogP contribution in [-0.4, -0.2) is 23.4 Å². The van der Waals surface area contributed by atoms with Crippen molar-refractivity contribution in [1.29, 1.82) is 5.41 Å². The third-order valence-corrected chi connectivity index (χ3v) is 3.90. The second kappa shape index (κ2) is 5.57. The zero-order chi connectivity index (χ0) is 13.1. The van der Waals surface area contributed by atoms with Gasteiger partial charge >= 0.3 is 0 Å². The van der Waals surface area contributed by atoms with Crippen LogP contribution in [0.25, 0.3) is 0 Å². The Hall–Kier alpha value is -1.29. The molecule has 3 N–H and O–H groups in total. The fourth-order valence-corrected chi connectivity index (χ4v) is 2.87. The molecule has 0 spiro atoms. The maximum Gasteiger partial charge on any atom is 0.148 e. The largest absolute Gasteiger partial charge is 0.384 e. The monoisotopic (exact) mass is 266 g/mol. The molecule has 0 aliphatic carbocycles. The van der Waals surface area contributed by atoms with Crippen molar-refractivity contribution in [1.82, 2.24) is 4.98 Å². The predicted molar refractivity (Wildman–Crippen MR) is 75.5 cm³/mol. The van der Waals surface area contributed by atoms with Gasteiger partial charge in [0.2, 0.25) is 0 Å². The molecule has 0 radical (unpaired) electrons. The molecule has 1 unspecified atom stereocenters. The van der Waals surface area contributed by atoms with Crippen molar-refractivity contribution in [2.24, 2.45) is 5.73 Å². The van der Waals surface area contributed by atoms with E-state index >= 15 is 0 Å². The van der Waals surface area contributed by atoms with E-state index in [1.807, 2.05) is 0 Å². The lowest BCUT2D eigenvalue weighted by molar-refractivity contribution is 0.447. The first-order chi connectivity index (χ1) is 8.65. The van der Waals surface area contributed by atoms with E-state index in [1.165, 1.54) is 19.3 Å². The number of aromatic nitrogens is 1. The van der Waals surface area contributed by atoms with E-state index in [-0.39, 0.29) is 5.84 Å². The molecule has 1 saturated heterocycles. The van der Waals surface area contributed by atoms with Crippen LogP contribution in [0.4, 0.5) is 5.82 Å². The van der Waals surface area contributed by atoms with Crippen LogP contribution >= 0.6 is 11.6 Å². The Kier molecular flexibility index (Phi) is 4.07. The Morgan fingerprint density at radius 1 is 1.61 bits per heavy atom. The van der Waals surface area contributed by atoms with Gasteiger partial charge in [-0.2, -0.15) is 0 Å². The van der Waals surface area contributed by atoms with Crippen LogP contribution in [0.1, 0.15) is 38.2 Å². The SMILES string of the molecule is CCC1CCCCN1c1nccc(C(=N)N)c1Cl. The van der Waals surface area contributed by atoms with Gasteiger partial charge in [-0.05, 0) is 31.7 Å². The smallest absolute Gasteiger partial charge is 0.148 e. The molecule has 4 nitrogen and oxygen atoms in total. The van der Waals surface area contributed by atoms with E-state index in [1.54, 1.807) is 12.3 Å². The summed E-state index contributed by atoms with van der Waals surface area (Å²) in [5.41, 5.74) is 6.10. The van der Waals surface area contributed by atoms with Crippen LogP contribution in [0.3, 0.4) is 0 Å². The molecule has 1 fully saturated rings. The highest BCUT2D eigenvalue weighted by Crippen LogP contribution is 2.32. The predicted octanol–water partition coefficient (Wildman–Crippen LogP) is 2.79. The number of hydrogen-bond donors (Lipinski definition) is 2. The van der Waals surface area contributed by atoms with Crippen LogP contribution in [0, 0.1) is 5.41 Å². The highest BCUT2D eigenvalue weighted by molar-refractivity contribution is 6.36. The minimum Gasteiger partial charge on any atom is -0.384 e. The van der Waals surface area contributed by atoms with Gasteiger partial charge in [-0.3, -0.25) is 5.41 Å². The molecule has 0 amide bonds. The van der Waals surface area contributed by atoms with Gasteiger partial charge in [0.15, 0.2) is 0 Å². The molecule has 5 heteroatoms. The van der Waals surface area contributed by atoms with Crippen LogP contribution in [0.5, 0.6) is 0 Å². The number of hydrogen-bond acceptors (Lipinski definition) is 3. The molecule has 1 aliphatic rings. The molecular weight excluding hydrogens is 248 g/mol. The minimum absolute atomic E-state index is 0.00583. The molecular formula is C13H19ClN4. The van der Waals surface area contributed by atoms with Gasteiger partial charge in [0, 0.05) is 24.3 Å². The highest BCUT2D eigenvalue weighted by Gasteiger charge is 2.25. The lowest BCUT2D eigenvalue weighted by Gasteiger charge is -2.36. The molecule has 98 valence electrons. The number of nitrogens with two attached hydrogens (primary N) is 1. The van der Waals surface area contributed by atoms with E-state index in [9.17, 15) is 0 Å². The maximum absolute atomic E-state index is 7.53. The molecule has 2 heterocycles. The number of pyridine rings is 1. The molecule has 2 rings (SSSR count). The van der Waals surface area contributed by atoms with E-state index in [0.717, 1.165) is 18.8 Å². The Balaban J connectivity index is 2.37. The van der Waals surface area contributed by atoms with Crippen LogP contribution < -0.4 is 10.6 Å². The number of nitrogens with one attached hydrogen (secondary N) is 1. The Bertz CT molecular complexity index is 447. The van der Waals surface area contributed by atoms with E-state index in [0.29, 0.717) is 16.6 Å². The molecule has 1 aromatic heterocycles. The standard InChI is InChI=1S/C13H19ClN4/c1-2-9-5-3-4-8-18(9)13-11(14)10(12(15)16)6-7-17-13/h6-7,9H,2-5,8H2,1H3,(H3,15,16). The summed E-state index contributed by atoms with van der Waals surface area (Å²) in [5.74, 6) is 0.768. The van der Waals surface area contributed by atoms with E-state index < -0.39 is 0 Å². The van der Waals surface area contributed by atoms with Crippen LogP contribution in [0.15, 0.2) is 12.3 Å². The van der Waals surface area contributed by atoms with Gasteiger partial charge in [0.25, 0.3) is 0 Å². The average Bonchev–Trinajstić information content (AvgIpc) is 2.38. The van der Waals surface area contributed by atoms with Gasteiger partial charge in [0.1, 0.15) is 11.7 Å². The fourth-order valence-electron chi connectivity index (χ4n) is 2.54. The van der Waals surface area contributed by atoms with Gasteiger partial charge in [0.05, 0.1) is 5.02 Å². The lowest BCUT2D eigenvalue weighted by atomic mass is 10.00. The minimum atomic E-state index is -0.00583. The Morgan fingerprint density at radius 2 is 2.39 bits per heavy atom. The van der Waals surface area contributed by atoms with E-state index in [4.69, 9.17) is 22.7 Å². The first kappa shape index (κ1) is 13.1. The zero-order valence-electron chi connectivity index (χ0n) is 10.6. The van der Waals surface area contributed by atoms with Crippen LogP contribution in [-0.2, 0) is 0 Å². The fraction of sp³-hybridized carbons (Fsp3) is 0.538. The first-order valence-electron chi connectivity index (χ1n) is 6.40. The Labute approximate surface area is 113 Å². The van der Waals surface area contributed by atoms with Crippen molar-refractivity contribution in [3.05, 3.63) is 22.8 Å². The third kappa shape index (κ3) is 2.43. The summed E-state index contributed by atoms with van der Waals surface area (Å²) in [5, 5.41) is 8.03. The van der Waals surface area contributed by atoms with Gasteiger partial charge in [-0.15, -0.1) is 0 Å². The molecule has 1 aromatic rings. The summed E-state index contributed by atoms with van der Waals surface area (Å²) < 4.78 is 0. The van der Waals surface area contributed by atoms with Gasteiger partial charge in [-0.25, -0.2) is 4.98 Å². The van der Waals surface area contributed by atoms with Crippen molar-refractivity contribution in [3.63, 3.8) is 0 Å². The van der Waals surface area contributed by atoms with Crippen molar-refractivity contribution in [2.75, 3.05) is 11.4 Å². The summed E-state index contributed by atoms with van der Waals surface area (Å²) in [6.07, 6.45) is 6.37. The summed E-state index contributed by atoms with van der Waals surface area (Å²) in [6, 6.07) is 2.19. The van der Waals surface area contributed by atoms with Gasteiger partial charge in [-0.1, -0.05) is 18.5 Å². The van der Waals surface area contributed by atoms with Crippen molar-refractivity contribution >= 4 is 23.3 Å². The number of nitrogen functional groups attached to an aromatic ring is 1. The molecule has 0 aromatic carbocycles. The zero-order valence-corrected chi connectivity index (χ0v) is 11.4. The number of rotatable bonds is 3. The molecule has 0 saturated carbocycles. The highest BCUT2D eigenvalue weighted by atomic mass is 35.5. The quantitative estimate of drug-likeness (QED) is 0.653. The number of halogens is 1. The van der Waals surface area contributed by atoms with Crippen molar-refractivity contribution in [2.45, 2.75) is 38.6 Å². The topological polar surface area (TPSA) is 66.0 Å². The van der Waals surface area contributed by atoms with Crippen molar-refractivity contribution in [3.8, 4) is 0 Å². The second-order valence-electron chi connectivity index (χ2n) is 4.66. The number of amidine groups is 1. The molecule has 1 atom stereocenters. The molecule has 1 aliphatic heterocycles. The van der Waals surface area contributed by atoms with Crippen molar-refractivity contribution < 1.29 is 0 Å². The molecule has 18 heavy (non-hydrogen) atoms. The number of nitrogens with zero attached hydrogens (tertiary/aromatic N) is 2. The lowest BCUT2D eigenvalue weighted by Crippen LogP contribution is -2.40. The normalized spacial score (nSPS) is 19.9. The Morgan fingerprint density at radius 3 is 3.06 bits per heavy atom. The van der Waals surface area contributed by atoms with E-state index in [2.05, 4.69) is 16.8 Å².